The van der Waals surface area contributed by atoms with E-state index < -0.39 is 32.5 Å². The monoisotopic (exact) mass is 799 g/mol. The highest BCUT2D eigenvalue weighted by Crippen LogP contribution is 2.43. The van der Waals surface area contributed by atoms with Crippen molar-refractivity contribution in [3.8, 4) is 0 Å². The van der Waals surface area contributed by atoms with Gasteiger partial charge < -0.3 is 14.4 Å². The molecule has 0 spiro atoms. The molecule has 0 bridgehead atoms. The van der Waals surface area contributed by atoms with Crippen LogP contribution in [0.4, 0.5) is 0 Å². The van der Waals surface area contributed by atoms with Crippen LogP contribution in [0.15, 0.2) is 109 Å². The second-order valence-corrected chi connectivity index (χ2v) is 14.7. The highest BCUT2D eigenvalue weighted by atomic mass is 31.2. The molecule has 0 amide bonds. The van der Waals surface area contributed by atoms with E-state index in [1.165, 1.54) is 0 Å². The van der Waals surface area contributed by atoms with Gasteiger partial charge >= 0.3 is 19.8 Å². The first kappa shape index (κ1) is 52.7. The lowest BCUT2D eigenvalue weighted by atomic mass is 10.1. The van der Waals surface area contributed by atoms with Gasteiger partial charge in [0.25, 0.3) is 0 Å². The molecule has 0 saturated heterocycles. The lowest BCUT2D eigenvalue weighted by Gasteiger charge is -2.19. The third kappa shape index (κ3) is 40.4. The summed E-state index contributed by atoms with van der Waals surface area (Å²) in [6, 6.07) is 0. The molecule has 0 aliphatic heterocycles. The van der Waals surface area contributed by atoms with E-state index in [4.69, 9.17) is 18.5 Å². The number of unbranched alkanes of at least 4 members (excludes halogenated alkanes) is 7. The predicted octanol–water partition coefficient (Wildman–Crippen LogP) is 13.4. The summed E-state index contributed by atoms with van der Waals surface area (Å²) in [7, 11) is -4.30. The fraction of sp³-hybridized carbons (Fsp3) is 0.574. The van der Waals surface area contributed by atoms with Gasteiger partial charge in [0.2, 0.25) is 0 Å². The Hall–Kier alpha value is -3.29. The molecular weight excluding hydrogens is 723 g/mol. The van der Waals surface area contributed by atoms with Gasteiger partial charge in [-0.25, -0.2) is 4.57 Å². The topological polar surface area (TPSA) is 108 Å². The number of hydrogen-bond donors (Lipinski definition) is 1. The highest BCUT2D eigenvalue weighted by Gasteiger charge is 2.25. The lowest BCUT2D eigenvalue weighted by molar-refractivity contribution is -0.161. The van der Waals surface area contributed by atoms with Crippen molar-refractivity contribution in [2.45, 2.75) is 155 Å². The number of allylic oxidation sites excluding steroid dienone is 18. The molecule has 0 fully saturated rings. The molecule has 0 radical (unpaired) electrons. The van der Waals surface area contributed by atoms with Crippen LogP contribution >= 0.6 is 7.82 Å². The summed E-state index contributed by atoms with van der Waals surface area (Å²) in [4.78, 5) is 34.7. The zero-order chi connectivity index (χ0) is 41.1. The number of carbonyl (C=O) groups excluding carboxylic acids is 2. The van der Waals surface area contributed by atoms with Gasteiger partial charge in [0, 0.05) is 12.8 Å². The van der Waals surface area contributed by atoms with Gasteiger partial charge in [0.15, 0.2) is 6.10 Å². The summed E-state index contributed by atoms with van der Waals surface area (Å²) in [6.45, 7) is 5.15. The minimum absolute atomic E-state index is 0.0176. The van der Waals surface area contributed by atoms with E-state index in [2.05, 4.69) is 123 Å². The number of phosphoric acid groups is 1. The summed E-state index contributed by atoms with van der Waals surface area (Å²) in [5, 5.41) is 0. The maximum absolute atomic E-state index is 12.6. The van der Waals surface area contributed by atoms with Crippen molar-refractivity contribution < 1.29 is 37.6 Å². The quantitative estimate of drug-likeness (QED) is 0.0286. The Labute approximate surface area is 340 Å². The van der Waals surface area contributed by atoms with E-state index >= 15 is 0 Å². The Morgan fingerprint density at radius 1 is 0.482 bits per heavy atom. The van der Waals surface area contributed by atoms with Crippen molar-refractivity contribution in [1.82, 2.24) is 0 Å². The minimum atomic E-state index is -4.30. The molecule has 1 N–H and O–H groups in total. The smallest absolute Gasteiger partial charge is 0.462 e. The summed E-state index contributed by atoms with van der Waals surface area (Å²) in [6.07, 6.45) is 55.7. The zero-order valence-electron chi connectivity index (χ0n) is 35.0. The van der Waals surface area contributed by atoms with Crippen LogP contribution in [0.3, 0.4) is 0 Å². The SMILES string of the molecule is CC/C=C\C/C=C\C/C=C\C/C=C\C/C=C\CCCCCC(=O)OC(COC(=O)CCCCCC/C=C\C/C=C\C/C=C\C/C=C\CC)COP(=O)(O)OCC. The summed E-state index contributed by atoms with van der Waals surface area (Å²) in [5.41, 5.74) is 0. The second-order valence-electron chi connectivity index (χ2n) is 13.2. The van der Waals surface area contributed by atoms with Crippen LogP contribution in [0, 0.1) is 0 Å². The molecule has 0 rings (SSSR count). The number of esters is 2. The third-order valence-corrected chi connectivity index (χ3v) is 9.13. The van der Waals surface area contributed by atoms with E-state index in [9.17, 15) is 19.0 Å². The molecule has 0 aliphatic carbocycles. The molecule has 0 aromatic heterocycles. The Bertz CT molecular complexity index is 1270. The van der Waals surface area contributed by atoms with Crippen LogP contribution in [0.2, 0.25) is 0 Å². The van der Waals surface area contributed by atoms with Crippen molar-refractivity contribution in [3.05, 3.63) is 109 Å². The summed E-state index contributed by atoms with van der Waals surface area (Å²) >= 11 is 0. The van der Waals surface area contributed by atoms with Crippen LogP contribution in [0.25, 0.3) is 0 Å². The number of hydrogen-bond acceptors (Lipinski definition) is 7. The van der Waals surface area contributed by atoms with Gasteiger partial charge in [-0.2, -0.15) is 0 Å². The third-order valence-electron chi connectivity index (χ3n) is 8.07. The molecule has 0 aliphatic rings. The van der Waals surface area contributed by atoms with Gasteiger partial charge in [-0.1, -0.05) is 142 Å². The molecule has 56 heavy (non-hydrogen) atoms. The summed E-state index contributed by atoms with van der Waals surface area (Å²) in [5.74, 6) is -0.876. The number of rotatable bonds is 37. The predicted molar refractivity (Wildman–Crippen MR) is 234 cm³/mol. The Morgan fingerprint density at radius 3 is 1.29 bits per heavy atom. The Balaban J connectivity index is 4.24. The van der Waals surface area contributed by atoms with Crippen molar-refractivity contribution in [2.24, 2.45) is 0 Å². The maximum atomic E-state index is 12.6. The van der Waals surface area contributed by atoms with Gasteiger partial charge in [0.1, 0.15) is 6.61 Å². The van der Waals surface area contributed by atoms with Gasteiger partial charge in [-0.15, -0.1) is 0 Å². The van der Waals surface area contributed by atoms with Crippen molar-refractivity contribution in [2.75, 3.05) is 19.8 Å². The van der Waals surface area contributed by atoms with E-state index in [-0.39, 0.29) is 26.1 Å². The zero-order valence-corrected chi connectivity index (χ0v) is 35.9. The van der Waals surface area contributed by atoms with E-state index in [1.54, 1.807) is 6.92 Å². The van der Waals surface area contributed by atoms with E-state index in [0.29, 0.717) is 12.8 Å². The van der Waals surface area contributed by atoms with Gasteiger partial charge in [-0.05, 0) is 103 Å². The van der Waals surface area contributed by atoms with Gasteiger partial charge in [-0.3, -0.25) is 18.6 Å². The Morgan fingerprint density at radius 2 is 0.857 bits per heavy atom. The largest absolute Gasteiger partial charge is 0.472 e. The molecule has 8 nitrogen and oxygen atoms in total. The van der Waals surface area contributed by atoms with Crippen LogP contribution in [0.1, 0.15) is 149 Å². The average Bonchev–Trinajstić information content (AvgIpc) is 3.18. The van der Waals surface area contributed by atoms with E-state index in [1.807, 2.05) is 0 Å². The molecule has 0 heterocycles. The molecule has 0 aromatic rings. The highest BCUT2D eigenvalue weighted by molar-refractivity contribution is 7.47. The Kier molecular flexibility index (Phi) is 38.9. The standard InChI is InChI=1S/C47H75O8P/c1-4-7-9-11-13-15-17-19-21-23-24-26-28-30-32-34-36-38-40-42-47(49)55-45(44-54-56(50,51)53-6-3)43-52-46(48)41-39-37-35-33-31-29-27-25-22-20-18-16-14-12-10-8-5-2/h7-10,13-16,19-22,24,26-27,29-30,32,45H,4-6,11-12,17-18,23,25,28,31,33-44H2,1-3H3,(H,50,51)/b9-7-,10-8-,15-13-,16-14-,21-19-,22-20-,26-24-,29-27-,32-30-. The van der Waals surface area contributed by atoms with Crippen molar-refractivity contribution >= 4 is 19.8 Å². The van der Waals surface area contributed by atoms with Crippen LogP contribution in [0.5, 0.6) is 0 Å². The molecular formula is C47H75O8P. The summed E-state index contributed by atoms with van der Waals surface area (Å²) < 4.78 is 32.6. The molecule has 2 atom stereocenters. The van der Waals surface area contributed by atoms with Crippen LogP contribution in [-0.4, -0.2) is 42.8 Å². The van der Waals surface area contributed by atoms with Gasteiger partial charge in [0.05, 0.1) is 13.2 Å². The molecule has 9 heteroatoms. The first-order chi connectivity index (χ1) is 27.3. The molecule has 316 valence electrons. The van der Waals surface area contributed by atoms with Crippen LogP contribution in [-0.2, 0) is 32.7 Å². The normalized spacial score (nSPS) is 14.4. The van der Waals surface area contributed by atoms with Crippen molar-refractivity contribution in [1.29, 1.82) is 0 Å². The first-order valence-electron chi connectivity index (χ1n) is 21.2. The van der Waals surface area contributed by atoms with Crippen LogP contribution < -0.4 is 0 Å². The number of carbonyl (C=O) groups is 2. The van der Waals surface area contributed by atoms with E-state index in [0.717, 1.165) is 103 Å². The molecule has 0 aromatic carbocycles. The number of ether oxygens (including phenoxy) is 2. The average molecular weight is 799 g/mol. The fourth-order valence-electron chi connectivity index (χ4n) is 5.06. The number of phosphoric ester groups is 1. The second kappa shape index (κ2) is 41.3. The fourth-order valence-corrected chi connectivity index (χ4v) is 5.81. The maximum Gasteiger partial charge on any atom is 0.472 e. The lowest BCUT2D eigenvalue weighted by Crippen LogP contribution is -2.29. The minimum Gasteiger partial charge on any atom is -0.462 e. The molecule has 0 saturated carbocycles. The van der Waals surface area contributed by atoms with Crippen molar-refractivity contribution in [3.63, 3.8) is 0 Å². The molecule has 2 unspecified atom stereocenters. The first-order valence-corrected chi connectivity index (χ1v) is 22.7.